The average Bonchev–Trinajstić information content (AvgIpc) is 2.88. The van der Waals surface area contributed by atoms with Gasteiger partial charge in [-0.3, -0.25) is 0 Å². The number of methoxy groups -OCH3 is 1. The van der Waals surface area contributed by atoms with E-state index in [2.05, 4.69) is 9.36 Å². The maximum atomic E-state index is 5.71. The van der Waals surface area contributed by atoms with Gasteiger partial charge in [0.25, 0.3) is 5.19 Å². The largest absolute Gasteiger partial charge is 0.493 e. The Morgan fingerprint density at radius 1 is 1.32 bits per heavy atom. The molecule has 0 aliphatic carbocycles. The lowest BCUT2D eigenvalue weighted by Gasteiger charge is -2.09. The van der Waals surface area contributed by atoms with Crippen LogP contribution >= 0.6 is 11.5 Å². The lowest BCUT2D eigenvalue weighted by molar-refractivity contribution is 0.377. The molecule has 0 aliphatic rings. The van der Waals surface area contributed by atoms with Crippen molar-refractivity contribution in [1.82, 2.24) is 9.36 Å². The van der Waals surface area contributed by atoms with E-state index < -0.39 is 0 Å². The van der Waals surface area contributed by atoms with E-state index in [1.54, 1.807) is 7.11 Å². The van der Waals surface area contributed by atoms with E-state index in [1.807, 2.05) is 32.0 Å². The predicted octanol–water partition coefficient (Wildman–Crippen LogP) is 2.92. The highest BCUT2D eigenvalue weighted by molar-refractivity contribution is 7.07. The van der Waals surface area contributed by atoms with Crippen LogP contribution in [0, 0.1) is 0 Å². The molecule has 0 spiro atoms. The van der Waals surface area contributed by atoms with Gasteiger partial charge in [0, 0.05) is 24.0 Å². The van der Waals surface area contributed by atoms with Crippen LogP contribution in [-0.2, 0) is 6.54 Å². The van der Waals surface area contributed by atoms with E-state index in [1.165, 1.54) is 11.5 Å². The monoisotopic (exact) mass is 279 g/mol. The van der Waals surface area contributed by atoms with Crippen LogP contribution in [0.4, 0.5) is 0 Å². The molecular formula is C13H17N3O2S. The molecule has 0 atom stereocenters. The molecule has 0 bridgehead atoms. The Bertz CT molecular complexity index is 555. The average molecular weight is 279 g/mol. The Morgan fingerprint density at radius 3 is 2.68 bits per heavy atom. The minimum Gasteiger partial charge on any atom is -0.493 e. The molecule has 2 rings (SSSR count). The number of benzene rings is 1. The van der Waals surface area contributed by atoms with E-state index in [9.17, 15) is 0 Å². The molecule has 0 saturated heterocycles. The highest BCUT2D eigenvalue weighted by Crippen LogP contribution is 2.33. The molecule has 0 saturated carbocycles. The van der Waals surface area contributed by atoms with Gasteiger partial charge in [0.1, 0.15) is 5.82 Å². The van der Waals surface area contributed by atoms with Crippen LogP contribution in [0.3, 0.4) is 0 Å². The summed E-state index contributed by atoms with van der Waals surface area (Å²) in [6.45, 7) is 4.55. The summed E-state index contributed by atoms with van der Waals surface area (Å²) in [5.74, 6) is 2.34. The highest BCUT2D eigenvalue weighted by Gasteiger charge is 2.12. The molecule has 0 radical (unpaired) electrons. The summed E-state index contributed by atoms with van der Waals surface area (Å²) in [6.07, 6.45) is 0. The van der Waals surface area contributed by atoms with Gasteiger partial charge in [-0.1, -0.05) is 19.9 Å². The molecule has 2 N–H and O–H groups in total. The molecule has 0 fully saturated rings. The number of hydrogen-bond donors (Lipinski definition) is 1. The molecule has 102 valence electrons. The minimum atomic E-state index is 0.287. The standard InChI is InChI=1S/C13H17N3O2S/c1-8(2)12-15-13(19-16-12)18-10-5-4-9(7-14)6-11(10)17-3/h4-6,8H,7,14H2,1-3H3. The van der Waals surface area contributed by atoms with Gasteiger partial charge in [0.2, 0.25) is 0 Å². The second-order valence-electron chi connectivity index (χ2n) is 4.36. The molecule has 0 aliphatic heterocycles. The molecule has 1 heterocycles. The molecule has 1 aromatic carbocycles. The van der Waals surface area contributed by atoms with Crippen molar-refractivity contribution in [3.63, 3.8) is 0 Å². The fourth-order valence-corrected chi connectivity index (χ4v) is 2.20. The second kappa shape index (κ2) is 5.99. The normalized spacial score (nSPS) is 10.8. The van der Waals surface area contributed by atoms with Gasteiger partial charge in [0.05, 0.1) is 7.11 Å². The van der Waals surface area contributed by atoms with Crippen molar-refractivity contribution in [2.75, 3.05) is 7.11 Å². The maximum Gasteiger partial charge on any atom is 0.298 e. The first kappa shape index (κ1) is 13.8. The molecule has 1 aromatic heterocycles. The third-order valence-electron chi connectivity index (χ3n) is 2.60. The first-order valence-electron chi connectivity index (χ1n) is 6.02. The van der Waals surface area contributed by atoms with Crippen molar-refractivity contribution in [3.05, 3.63) is 29.6 Å². The number of nitrogens with two attached hydrogens (primary N) is 1. The second-order valence-corrected chi connectivity index (χ2v) is 5.08. The van der Waals surface area contributed by atoms with Crippen LogP contribution in [0.2, 0.25) is 0 Å². The third kappa shape index (κ3) is 3.21. The van der Waals surface area contributed by atoms with Crippen molar-refractivity contribution in [3.8, 4) is 16.7 Å². The van der Waals surface area contributed by atoms with Crippen molar-refractivity contribution < 1.29 is 9.47 Å². The Kier molecular flexibility index (Phi) is 4.34. The molecule has 0 amide bonds. The van der Waals surface area contributed by atoms with Crippen LogP contribution in [0.5, 0.6) is 16.7 Å². The molecule has 5 nitrogen and oxygen atoms in total. The van der Waals surface area contributed by atoms with Gasteiger partial charge in [-0.15, -0.1) is 0 Å². The van der Waals surface area contributed by atoms with Gasteiger partial charge < -0.3 is 15.2 Å². The van der Waals surface area contributed by atoms with Gasteiger partial charge >= 0.3 is 0 Å². The molecule has 0 unspecified atom stereocenters. The van der Waals surface area contributed by atoms with Crippen LogP contribution in [0.25, 0.3) is 0 Å². The van der Waals surface area contributed by atoms with Gasteiger partial charge in [-0.25, -0.2) is 0 Å². The zero-order valence-electron chi connectivity index (χ0n) is 11.2. The first-order valence-corrected chi connectivity index (χ1v) is 6.79. The van der Waals surface area contributed by atoms with Gasteiger partial charge in [-0.05, 0) is 17.7 Å². The summed E-state index contributed by atoms with van der Waals surface area (Å²) < 4.78 is 15.2. The number of nitrogens with zero attached hydrogens (tertiary/aromatic N) is 2. The van der Waals surface area contributed by atoms with E-state index >= 15 is 0 Å². The fraction of sp³-hybridized carbons (Fsp3) is 0.385. The van der Waals surface area contributed by atoms with Gasteiger partial charge in [0.15, 0.2) is 11.5 Å². The summed E-state index contributed by atoms with van der Waals surface area (Å²) in [4.78, 5) is 4.33. The molecular weight excluding hydrogens is 262 g/mol. The lowest BCUT2D eigenvalue weighted by Crippen LogP contribution is -1.98. The summed E-state index contributed by atoms with van der Waals surface area (Å²) in [5, 5.41) is 0.516. The van der Waals surface area contributed by atoms with Crippen molar-refractivity contribution in [2.45, 2.75) is 26.3 Å². The van der Waals surface area contributed by atoms with Crippen LogP contribution in [0.15, 0.2) is 18.2 Å². The summed E-state index contributed by atoms with van der Waals surface area (Å²) >= 11 is 1.24. The highest BCUT2D eigenvalue weighted by atomic mass is 32.1. The number of hydrogen-bond acceptors (Lipinski definition) is 6. The third-order valence-corrected chi connectivity index (χ3v) is 3.21. The van der Waals surface area contributed by atoms with Crippen molar-refractivity contribution in [1.29, 1.82) is 0 Å². The topological polar surface area (TPSA) is 70.3 Å². The number of aromatic nitrogens is 2. The quantitative estimate of drug-likeness (QED) is 0.911. The number of ether oxygens (including phenoxy) is 2. The van der Waals surface area contributed by atoms with Crippen LogP contribution < -0.4 is 15.2 Å². The van der Waals surface area contributed by atoms with Crippen molar-refractivity contribution in [2.24, 2.45) is 5.73 Å². The van der Waals surface area contributed by atoms with E-state index in [0.717, 1.165) is 11.4 Å². The molecule has 6 heteroatoms. The first-order chi connectivity index (χ1) is 9.13. The lowest BCUT2D eigenvalue weighted by atomic mass is 10.2. The van der Waals surface area contributed by atoms with E-state index in [0.29, 0.717) is 23.2 Å². The smallest absolute Gasteiger partial charge is 0.298 e. The van der Waals surface area contributed by atoms with Crippen LogP contribution in [0.1, 0.15) is 31.2 Å². The fourth-order valence-electron chi connectivity index (χ4n) is 1.51. The predicted molar refractivity (Wildman–Crippen MR) is 75.0 cm³/mol. The van der Waals surface area contributed by atoms with E-state index in [4.69, 9.17) is 15.2 Å². The van der Waals surface area contributed by atoms with Crippen molar-refractivity contribution >= 4 is 11.5 Å². The summed E-state index contributed by atoms with van der Waals surface area (Å²) in [6, 6.07) is 5.60. The van der Waals surface area contributed by atoms with Gasteiger partial charge in [-0.2, -0.15) is 9.36 Å². The Hall–Kier alpha value is -1.66. The SMILES string of the molecule is COc1cc(CN)ccc1Oc1nc(C(C)C)ns1. The zero-order chi connectivity index (χ0) is 13.8. The molecule has 19 heavy (non-hydrogen) atoms. The Morgan fingerprint density at radius 2 is 2.11 bits per heavy atom. The summed E-state index contributed by atoms with van der Waals surface area (Å²) in [5.41, 5.74) is 6.59. The van der Waals surface area contributed by atoms with Crippen LogP contribution in [-0.4, -0.2) is 16.5 Å². The maximum absolute atomic E-state index is 5.71. The van der Waals surface area contributed by atoms with E-state index in [-0.39, 0.29) is 5.92 Å². The molecule has 2 aromatic rings. The summed E-state index contributed by atoms with van der Waals surface area (Å²) in [7, 11) is 1.60. The minimum absolute atomic E-state index is 0.287. The Labute approximate surface area is 116 Å². The Balaban J connectivity index is 2.22. The zero-order valence-corrected chi connectivity index (χ0v) is 12.0. The number of rotatable bonds is 5.